The summed E-state index contributed by atoms with van der Waals surface area (Å²) in [5.41, 5.74) is 1.92. The number of fused-ring (bicyclic) bond motifs is 1. The number of aromatic nitrogens is 1. The van der Waals surface area contributed by atoms with Gasteiger partial charge in [-0.1, -0.05) is 24.0 Å². The van der Waals surface area contributed by atoms with Crippen LogP contribution in [0.2, 0.25) is 0 Å². The van der Waals surface area contributed by atoms with Crippen LogP contribution in [0.3, 0.4) is 0 Å². The average Bonchev–Trinajstić information content (AvgIpc) is 2.72. The highest BCUT2D eigenvalue weighted by molar-refractivity contribution is 6.34. The lowest BCUT2D eigenvalue weighted by Crippen LogP contribution is -2.30. The van der Waals surface area contributed by atoms with E-state index in [2.05, 4.69) is 4.98 Å². The van der Waals surface area contributed by atoms with E-state index in [1.165, 1.54) is 0 Å². The third-order valence-electron chi connectivity index (χ3n) is 3.24. The first-order valence-electron chi connectivity index (χ1n) is 6.15. The van der Waals surface area contributed by atoms with Gasteiger partial charge in [0.25, 0.3) is 11.8 Å². The van der Waals surface area contributed by atoms with E-state index in [9.17, 15) is 9.59 Å². The van der Waals surface area contributed by atoms with Crippen molar-refractivity contribution >= 4 is 25.5 Å². The lowest BCUT2D eigenvalue weighted by Gasteiger charge is -2.13. The molecule has 0 spiro atoms. The van der Waals surface area contributed by atoms with Gasteiger partial charge in [-0.05, 0) is 24.3 Å². The maximum absolute atomic E-state index is 12.3. The predicted octanol–water partition coefficient (Wildman–Crippen LogP) is 1.02. The summed E-state index contributed by atoms with van der Waals surface area (Å²) in [5.74, 6) is -0.215. The number of rotatable bonds is 2. The Labute approximate surface area is 111 Å². The van der Waals surface area contributed by atoms with Crippen LogP contribution in [0.15, 0.2) is 42.6 Å². The summed E-state index contributed by atoms with van der Waals surface area (Å²) in [4.78, 5) is 29.8. The average molecular weight is 250 g/mol. The molecule has 2 aromatic rings. The molecule has 2 heterocycles. The largest absolute Gasteiger partial charge is 0.268 e. The van der Waals surface area contributed by atoms with E-state index in [-0.39, 0.29) is 11.8 Å². The summed E-state index contributed by atoms with van der Waals surface area (Å²) >= 11 is 0. The molecular weight excluding hydrogens is 239 g/mol. The van der Waals surface area contributed by atoms with Crippen LogP contribution in [-0.4, -0.2) is 24.6 Å². The van der Waals surface area contributed by atoms with Crippen LogP contribution in [0, 0.1) is 0 Å². The van der Waals surface area contributed by atoms with Gasteiger partial charge in [0, 0.05) is 6.20 Å². The van der Waals surface area contributed by atoms with Gasteiger partial charge in [-0.3, -0.25) is 9.59 Å². The number of carbonyl (C=O) groups excluding carboxylic acids is 2. The second kappa shape index (κ2) is 4.35. The van der Waals surface area contributed by atoms with E-state index in [0.29, 0.717) is 16.9 Å². The Hall–Kier alpha value is -2.43. The predicted molar refractivity (Wildman–Crippen MR) is 74.1 cm³/mol. The van der Waals surface area contributed by atoms with Gasteiger partial charge in [-0.15, -0.1) is 0 Å². The Morgan fingerprint density at radius 2 is 1.68 bits per heavy atom. The third kappa shape index (κ3) is 1.74. The maximum atomic E-state index is 12.3. The summed E-state index contributed by atoms with van der Waals surface area (Å²) in [6.07, 6.45) is 2.45. The molecule has 0 fully saturated rings. The fourth-order valence-electron chi connectivity index (χ4n) is 2.20. The van der Waals surface area contributed by atoms with Crippen LogP contribution < -0.4 is 4.90 Å². The van der Waals surface area contributed by atoms with Gasteiger partial charge in [-0.25, -0.2) is 9.88 Å². The first kappa shape index (κ1) is 11.7. The molecule has 0 saturated heterocycles. The molecule has 2 amide bonds. The van der Waals surface area contributed by atoms with Gasteiger partial charge >= 0.3 is 0 Å². The van der Waals surface area contributed by atoms with E-state index in [4.69, 9.17) is 0 Å². The Balaban J connectivity index is 2.08. The highest BCUT2D eigenvalue weighted by Crippen LogP contribution is 2.27. The summed E-state index contributed by atoms with van der Waals surface area (Å²) < 4.78 is 0. The molecule has 19 heavy (non-hydrogen) atoms. The molecule has 5 heteroatoms. The monoisotopic (exact) mass is 250 g/mol. The summed E-state index contributed by atoms with van der Waals surface area (Å²) in [6.45, 7) is 0. The van der Waals surface area contributed by atoms with E-state index < -0.39 is 0 Å². The zero-order valence-corrected chi connectivity index (χ0v) is 10.5. The summed E-state index contributed by atoms with van der Waals surface area (Å²) in [7, 11) is 2.02. The van der Waals surface area contributed by atoms with Crippen LogP contribution >= 0.6 is 0 Å². The fourth-order valence-corrected chi connectivity index (χ4v) is 2.20. The Bertz CT molecular complexity index is 650. The third-order valence-corrected chi connectivity index (χ3v) is 3.24. The molecule has 0 saturated carbocycles. The van der Waals surface area contributed by atoms with Crippen LogP contribution in [0.25, 0.3) is 0 Å². The topological polar surface area (TPSA) is 50.3 Å². The van der Waals surface area contributed by atoms with Crippen molar-refractivity contribution in [1.82, 2.24) is 4.98 Å². The summed E-state index contributed by atoms with van der Waals surface area (Å²) in [5, 5.41) is 0. The number of amides is 2. The minimum Gasteiger partial charge on any atom is -0.268 e. The Kier molecular flexibility index (Phi) is 2.67. The molecule has 3 rings (SSSR count). The molecular formula is C14H11BN2O2. The van der Waals surface area contributed by atoms with Crippen molar-refractivity contribution in [2.45, 2.75) is 6.32 Å². The molecule has 0 bridgehead atoms. The van der Waals surface area contributed by atoms with Crippen molar-refractivity contribution in [3.8, 4) is 0 Å². The number of benzene rings is 1. The van der Waals surface area contributed by atoms with Crippen molar-refractivity contribution in [2.24, 2.45) is 0 Å². The lowest BCUT2D eigenvalue weighted by molar-refractivity contribution is 0.0925. The molecule has 0 radical (unpaired) electrons. The highest BCUT2D eigenvalue weighted by atomic mass is 16.2. The van der Waals surface area contributed by atoms with Gasteiger partial charge in [0.2, 0.25) is 0 Å². The van der Waals surface area contributed by atoms with Gasteiger partial charge in [0.1, 0.15) is 13.7 Å². The zero-order chi connectivity index (χ0) is 13.4. The van der Waals surface area contributed by atoms with Crippen LogP contribution in [0.4, 0.5) is 5.82 Å². The second-order valence-electron chi connectivity index (χ2n) is 4.37. The van der Waals surface area contributed by atoms with Crippen molar-refractivity contribution in [3.05, 3.63) is 59.3 Å². The Morgan fingerprint density at radius 1 is 1.05 bits per heavy atom. The first-order chi connectivity index (χ1) is 9.22. The smallest absolute Gasteiger partial charge is 0.267 e. The van der Waals surface area contributed by atoms with Crippen molar-refractivity contribution in [1.29, 1.82) is 0 Å². The zero-order valence-electron chi connectivity index (χ0n) is 10.5. The van der Waals surface area contributed by atoms with Crippen LogP contribution in [-0.2, 0) is 6.32 Å². The van der Waals surface area contributed by atoms with Gasteiger partial charge < -0.3 is 0 Å². The summed E-state index contributed by atoms with van der Waals surface area (Å²) in [6, 6.07) is 10.5. The van der Waals surface area contributed by atoms with Crippen LogP contribution in [0.5, 0.6) is 0 Å². The number of nitrogens with zero attached hydrogens (tertiary/aromatic N) is 2. The number of pyridine rings is 1. The minimum absolute atomic E-state index is 0.304. The van der Waals surface area contributed by atoms with E-state index in [0.717, 1.165) is 16.8 Å². The number of hydrogen-bond donors (Lipinski definition) is 0. The van der Waals surface area contributed by atoms with Crippen molar-refractivity contribution in [2.75, 3.05) is 4.90 Å². The maximum Gasteiger partial charge on any atom is 0.267 e. The van der Waals surface area contributed by atoms with Crippen molar-refractivity contribution < 1.29 is 9.59 Å². The van der Waals surface area contributed by atoms with Gasteiger partial charge in [0.05, 0.1) is 11.1 Å². The molecule has 4 nitrogen and oxygen atoms in total. The quantitative estimate of drug-likeness (QED) is 0.590. The normalized spacial score (nSPS) is 13.8. The molecule has 1 aromatic carbocycles. The molecule has 1 aliphatic rings. The molecule has 0 atom stereocenters. The molecule has 92 valence electrons. The van der Waals surface area contributed by atoms with Gasteiger partial charge in [-0.2, -0.15) is 0 Å². The molecule has 1 aromatic heterocycles. The lowest BCUT2D eigenvalue weighted by atomic mass is 9.98. The number of imide groups is 1. The Morgan fingerprint density at radius 3 is 2.26 bits per heavy atom. The number of hydrogen-bond acceptors (Lipinski definition) is 3. The molecule has 0 aliphatic carbocycles. The van der Waals surface area contributed by atoms with Crippen molar-refractivity contribution in [3.63, 3.8) is 0 Å². The second-order valence-corrected chi connectivity index (χ2v) is 4.37. The molecule has 0 unspecified atom stereocenters. The number of carbonyl (C=O) groups is 2. The minimum atomic E-state index is -0.304. The highest BCUT2D eigenvalue weighted by Gasteiger charge is 2.36. The van der Waals surface area contributed by atoms with E-state index in [1.54, 1.807) is 36.5 Å². The SMILES string of the molecule is BCc1ccnc(N2C(=O)c3ccccc3C2=O)c1. The fraction of sp³-hybridized carbons (Fsp3) is 0.0714. The molecule has 1 aliphatic heterocycles. The first-order valence-corrected chi connectivity index (χ1v) is 6.15. The van der Waals surface area contributed by atoms with Crippen LogP contribution in [0.1, 0.15) is 26.3 Å². The van der Waals surface area contributed by atoms with Gasteiger partial charge in [0.15, 0.2) is 0 Å². The number of anilines is 1. The van der Waals surface area contributed by atoms with E-state index >= 15 is 0 Å². The van der Waals surface area contributed by atoms with E-state index in [1.807, 2.05) is 13.9 Å². The molecule has 0 N–H and O–H groups in total. The standard InChI is InChI=1S/C14H11BN2O2/c15-8-9-5-6-16-12(7-9)17-13(18)10-3-1-2-4-11(10)14(17)19/h1-7H,8,15H2.